The van der Waals surface area contributed by atoms with Gasteiger partial charge >= 0.3 is 0 Å². The highest BCUT2D eigenvalue weighted by Gasteiger charge is 2.18. The summed E-state index contributed by atoms with van der Waals surface area (Å²) in [5.41, 5.74) is 2.84. The Balaban J connectivity index is 1.40. The molecule has 6 heteroatoms. The van der Waals surface area contributed by atoms with Gasteiger partial charge in [-0.1, -0.05) is 60.7 Å². The van der Waals surface area contributed by atoms with Gasteiger partial charge in [0, 0.05) is 18.8 Å². The maximum atomic E-state index is 14.6. The van der Waals surface area contributed by atoms with E-state index in [1.165, 1.54) is 6.07 Å². The van der Waals surface area contributed by atoms with Crippen LogP contribution in [0.5, 0.6) is 0 Å². The van der Waals surface area contributed by atoms with E-state index in [4.69, 9.17) is 9.47 Å². The van der Waals surface area contributed by atoms with E-state index in [0.717, 1.165) is 11.1 Å². The zero-order valence-corrected chi connectivity index (χ0v) is 17.2. The Labute approximate surface area is 181 Å². The lowest BCUT2D eigenvalue weighted by Crippen LogP contribution is -2.36. The fraction of sp³-hybridized carbons (Fsp3) is 0.240. The van der Waals surface area contributed by atoms with Gasteiger partial charge in [0.2, 0.25) is 5.91 Å². The van der Waals surface area contributed by atoms with Crippen molar-refractivity contribution in [3.63, 3.8) is 0 Å². The quantitative estimate of drug-likeness (QED) is 0.615. The second kappa shape index (κ2) is 10.2. The molecule has 0 saturated carbocycles. The lowest BCUT2D eigenvalue weighted by molar-refractivity contribution is -0.121. The fourth-order valence-electron chi connectivity index (χ4n) is 3.64. The van der Waals surface area contributed by atoms with Crippen LogP contribution in [0.3, 0.4) is 0 Å². The number of halogens is 1. The number of ether oxygens (including phenoxy) is 2. The Morgan fingerprint density at radius 1 is 0.968 bits per heavy atom. The molecule has 1 fully saturated rings. The molecular weight excluding hydrogens is 395 g/mol. The molecule has 160 valence electrons. The summed E-state index contributed by atoms with van der Waals surface area (Å²) >= 11 is 0. The van der Waals surface area contributed by atoms with Crippen LogP contribution in [0.1, 0.15) is 17.2 Å². The van der Waals surface area contributed by atoms with Crippen LogP contribution in [-0.4, -0.2) is 38.8 Å². The number of nitrogens with zero attached hydrogens (tertiary/aromatic N) is 1. The average Bonchev–Trinajstić information content (AvgIpc) is 2.81. The van der Waals surface area contributed by atoms with E-state index in [1.807, 2.05) is 65.6 Å². The van der Waals surface area contributed by atoms with Gasteiger partial charge in [0.15, 0.2) is 0 Å². The van der Waals surface area contributed by atoms with Crippen molar-refractivity contribution in [1.82, 2.24) is 0 Å². The van der Waals surface area contributed by atoms with Gasteiger partial charge < -0.3 is 19.7 Å². The van der Waals surface area contributed by atoms with Gasteiger partial charge in [0.1, 0.15) is 18.5 Å². The van der Waals surface area contributed by atoms with Gasteiger partial charge in [-0.05, 0) is 29.3 Å². The molecule has 5 nitrogen and oxygen atoms in total. The summed E-state index contributed by atoms with van der Waals surface area (Å²) in [5.74, 6) is -0.706. The van der Waals surface area contributed by atoms with E-state index in [-0.39, 0.29) is 24.4 Å². The van der Waals surface area contributed by atoms with Crippen LogP contribution >= 0.6 is 0 Å². The Bertz CT molecular complexity index is 953. The molecule has 1 amide bonds. The average molecular weight is 420 g/mol. The van der Waals surface area contributed by atoms with E-state index in [9.17, 15) is 9.18 Å². The van der Waals surface area contributed by atoms with E-state index in [2.05, 4.69) is 5.32 Å². The summed E-state index contributed by atoms with van der Waals surface area (Å²) in [4.78, 5) is 14.4. The molecule has 0 aromatic heterocycles. The number of carbonyl (C=O) groups is 1. The Hall–Kier alpha value is -3.22. The molecule has 1 aliphatic heterocycles. The zero-order valence-electron chi connectivity index (χ0n) is 17.2. The third-order valence-corrected chi connectivity index (χ3v) is 5.17. The monoisotopic (exact) mass is 420 g/mol. The van der Waals surface area contributed by atoms with Crippen LogP contribution in [-0.2, 0) is 14.3 Å². The predicted molar refractivity (Wildman–Crippen MR) is 119 cm³/mol. The van der Waals surface area contributed by atoms with E-state index < -0.39 is 0 Å². The summed E-state index contributed by atoms with van der Waals surface area (Å²) in [7, 11) is 0. The highest BCUT2D eigenvalue weighted by molar-refractivity contribution is 5.91. The van der Waals surface area contributed by atoms with Crippen molar-refractivity contribution in [2.45, 2.75) is 6.10 Å². The summed E-state index contributed by atoms with van der Waals surface area (Å²) in [6, 6.07) is 24.2. The topological polar surface area (TPSA) is 50.8 Å². The molecule has 1 saturated heterocycles. The van der Waals surface area contributed by atoms with Gasteiger partial charge in [-0.25, -0.2) is 4.39 Å². The molecule has 0 bridgehead atoms. The van der Waals surface area contributed by atoms with Crippen molar-refractivity contribution in [1.29, 1.82) is 0 Å². The maximum Gasteiger partial charge on any atom is 0.250 e. The van der Waals surface area contributed by atoms with Crippen LogP contribution in [0.15, 0.2) is 78.9 Å². The van der Waals surface area contributed by atoms with Crippen molar-refractivity contribution >= 4 is 17.3 Å². The highest BCUT2D eigenvalue weighted by atomic mass is 19.1. The van der Waals surface area contributed by atoms with Crippen molar-refractivity contribution in [3.05, 3.63) is 95.8 Å². The van der Waals surface area contributed by atoms with Crippen LogP contribution in [0.2, 0.25) is 0 Å². The van der Waals surface area contributed by atoms with Gasteiger partial charge in [0.05, 0.1) is 18.9 Å². The number of carbonyl (C=O) groups excluding carboxylic acids is 1. The smallest absolute Gasteiger partial charge is 0.250 e. The van der Waals surface area contributed by atoms with Crippen LogP contribution < -0.4 is 10.2 Å². The fourth-order valence-corrected chi connectivity index (χ4v) is 3.64. The highest BCUT2D eigenvalue weighted by Crippen LogP contribution is 2.26. The number of anilines is 2. The first kappa shape index (κ1) is 21.0. The number of morpholine rings is 1. The van der Waals surface area contributed by atoms with Crippen LogP contribution in [0.4, 0.5) is 15.8 Å². The molecule has 0 unspecified atom stereocenters. The Kier molecular flexibility index (Phi) is 6.92. The number of hydrogen-bond donors (Lipinski definition) is 1. The third kappa shape index (κ3) is 5.48. The summed E-state index contributed by atoms with van der Waals surface area (Å²) in [6.45, 7) is 2.31. The van der Waals surface area contributed by atoms with E-state index >= 15 is 0 Å². The molecule has 1 aliphatic rings. The minimum absolute atomic E-state index is 0.151. The number of amides is 1. The Morgan fingerprint density at radius 3 is 2.16 bits per heavy atom. The summed E-state index contributed by atoms with van der Waals surface area (Å²) < 4.78 is 25.9. The molecule has 0 spiro atoms. The standard InChI is InChI=1S/C25H25FN2O3/c26-22-17-21(11-12-23(22)28-13-15-30-16-14-28)27-24(29)18-31-25(19-7-3-1-4-8-19)20-9-5-2-6-10-20/h1-12,17,25H,13-16,18H2,(H,27,29). The second-order valence-electron chi connectivity index (χ2n) is 7.33. The first-order valence-electron chi connectivity index (χ1n) is 10.3. The summed E-state index contributed by atoms with van der Waals surface area (Å²) in [6.07, 6.45) is -0.367. The number of hydrogen-bond acceptors (Lipinski definition) is 4. The largest absolute Gasteiger partial charge is 0.378 e. The van der Waals surface area contributed by atoms with Crippen molar-refractivity contribution < 1.29 is 18.7 Å². The second-order valence-corrected chi connectivity index (χ2v) is 7.33. The first-order valence-corrected chi connectivity index (χ1v) is 10.3. The molecule has 3 aromatic rings. The molecule has 0 atom stereocenters. The molecule has 1 heterocycles. The predicted octanol–water partition coefficient (Wildman–Crippen LogP) is 4.41. The maximum absolute atomic E-state index is 14.6. The van der Waals surface area contributed by atoms with Crippen molar-refractivity contribution in [2.24, 2.45) is 0 Å². The van der Waals surface area contributed by atoms with Crippen LogP contribution in [0, 0.1) is 5.82 Å². The van der Waals surface area contributed by atoms with Gasteiger partial charge in [-0.15, -0.1) is 0 Å². The molecular formula is C25H25FN2O3. The first-order chi connectivity index (χ1) is 15.2. The third-order valence-electron chi connectivity index (χ3n) is 5.17. The minimum Gasteiger partial charge on any atom is -0.378 e. The van der Waals surface area contributed by atoms with E-state index in [0.29, 0.717) is 37.7 Å². The Morgan fingerprint density at radius 2 is 1.58 bits per heavy atom. The molecule has 0 radical (unpaired) electrons. The van der Waals surface area contributed by atoms with Gasteiger partial charge in [-0.3, -0.25) is 4.79 Å². The number of benzene rings is 3. The van der Waals surface area contributed by atoms with Crippen molar-refractivity contribution in [3.8, 4) is 0 Å². The summed E-state index contributed by atoms with van der Waals surface area (Å²) in [5, 5.41) is 2.72. The van der Waals surface area contributed by atoms with E-state index in [1.54, 1.807) is 12.1 Å². The number of nitrogens with one attached hydrogen (secondary N) is 1. The molecule has 1 N–H and O–H groups in total. The normalized spacial score (nSPS) is 13.9. The molecule has 4 rings (SSSR count). The SMILES string of the molecule is O=C(COC(c1ccccc1)c1ccccc1)Nc1ccc(N2CCOCC2)c(F)c1. The zero-order chi connectivity index (χ0) is 21.5. The van der Waals surface area contributed by atoms with Gasteiger partial charge in [-0.2, -0.15) is 0 Å². The number of rotatable bonds is 7. The lowest BCUT2D eigenvalue weighted by atomic mass is 10.0. The molecule has 31 heavy (non-hydrogen) atoms. The molecule has 3 aromatic carbocycles. The lowest BCUT2D eigenvalue weighted by Gasteiger charge is -2.29. The van der Waals surface area contributed by atoms with Gasteiger partial charge in [0.25, 0.3) is 0 Å². The minimum atomic E-state index is -0.368. The molecule has 0 aliphatic carbocycles. The van der Waals surface area contributed by atoms with Crippen LogP contribution in [0.25, 0.3) is 0 Å². The van der Waals surface area contributed by atoms with Crippen molar-refractivity contribution in [2.75, 3.05) is 43.1 Å².